The fourth-order valence-electron chi connectivity index (χ4n) is 5.35. The number of aromatic nitrogens is 3. The first kappa shape index (κ1) is 28.3. The second-order valence-corrected chi connectivity index (χ2v) is 12.0. The van der Waals surface area contributed by atoms with Crippen LogP contribution in [0.4, 0.5) is 0 Å². The first-order valence-electron chi connectivity index (χ1n) is 14.2. The van der Waals surface area contributed by atoms with E-state index in [1.807, 2.05) is 90.6 Å². The second kappa shape index (κ2) is 11.5. The maximum Gasteiger partial charge on any atom is 0.338 e. The van der Waals surface area contributed by atoms with Crippen LogP contribution in [-0.2, 0) is 9.53 Å². The highest BCUT2D eigenvalue weighted by atomic mass is 32.1. The van der Waals surface area contributed by atoms with Crippen LogP contribution in [0.3, 0.4) is 0 Å². The zero-order chi connectivity index (χ0) is 30.2. The van der Waals surface area contributed by atoms with E-state index in [0.29, 0.717) is 26.5 Å². The molecule has 1 aliphatic rings. The standard InChI is InChI=1S/C35H32N4O3S/c1-21(2)24-15-17-26(18-16-24)32-30(34(41)42-5)23(4)36-35-39(32)33(40)29(43-35)19-27-20-38(28-9-7-6-8-10-28)37-31(27)25-13-11-22(3)12-14-25/h6-21,32H,1-5H3/b29-19+/t32-/m0/s1. The first-order valence-corrected chi connectivity index (χ1v) is 15.0. The number of aryl methyl sites for hydroxylation is 1. The Hall–Kier alpha value is -4.82. The van der Waals surface area contributed by atoms with Gasteiger partial charge in [-0.3, -0.25) is 9.36 Å². The average molecular weight is 589 g/mol. The van der Waals surface area contributed by atoms with Crippen LogP contribution in [0.15, 0.2) is 106 Å². The largest absolute Gasteiger partial charge is 0.466 e. The van der Waals surface area contributed by atoms with Crippen LogP contribution < -0.4 is 14.9 Å². The Morgan fingerprint density at radius 3 is 2.33 bits per heavy atom. The lowest BCUT2D eigenvalue weighted by atomic mass is 9.93. The molecule has 0 radical (unpaired) electrons. The number of thiazole rings is 1. The van der Waals surface area contributed by atoms with E-state index in [9.17, 15) is 9.59 Å². The quantitative estimate of drug-likeness (QED) is 0.239. The number of rotatable bonds is 6. The van der Waals surface area contributed by atoms with Crippen LogP contribution in [0.25, 0.3) is 23.0 Å². The van der Waals surface area contributed by atoms with Crippen LogP contribution in [0, 0.1) is 6.92 Å². The number of hydrogen-bond acceptors (Lipinski definition) is 6. The number of carbonyl (C=O) groups excluding carboxylic acids is 1. The Morgan fingerprint density at radius 1 is 0.977 bits per heavy atom. The van der Waals surface area contributed by atoms with Crippen molar-refractivity contribution in [2.75, 3.05) is 7.11 Å². The lowest BCUT2D eigenvalue weighted by molar-refractivity contribution is -0.136. The van der Waals surface area contributed by atoms with Crippen molar-refractivity contribution in [3.63, 3.8) is 0 Å². The number of methoxy groups -OCH3 is 1. The SMILES string of the molecule is COC(=O)C1=C(C)N=c2s/c(=C/c3cn(-c4ccccc4)nc3-c3ccc(C)cc3)c(=O)n2[C@H]1c1ccc(C(C)C)cc1. The lowest BCUT2D eigenvalue weighted by Gasteiger charge is -2.24. The molecule has 0 aliphatic carbocycles. The van der Waals surface area contributed by atoms with Gasteiger partial charge in [0.05, 0.1) is 40.3 Å². The number of nitrogens with zero attached hydrogens (tertiary/aromatic N) is 4. The zero-order valence-electron chi connectivity index (χ0n) is 24.7. The molecule has 0 bridgehead atoms. The van der Waals surface area contributed by atoms with Gasteiger partial charge in [0.2, 0.25) is 0 Å². The van der Waals surface area contributed by atoms with Gasteiger partial charge in [0.15, 0.2) is 4.80 Å². The molecule has 0 unspecified atom stereocenters. The molecular weight excluding hydrogens is 556 g/mol. The molecule has 0 saturated carbocycles. The van der Waals surface area contributed by atoms with Crippen LogP contribution >= 0.6 is 11.3 Å². The summed E-state index contributed by atoms with van der Waals surface area (Å²) in [5, 5.41) is 4.92. The molecule has 0 fully saturated rings. The predicted molar refractivity (Wildman–Crippen MR) is 170 cm³/mol. The van der Waals surface area contributed by atoms with Gasteiger partial charge in [0.25, 0.3) is 5.56 Å². The van der Waals surface area contributed by atoms with Crippen LogP contribution in [-0.4, -0.2) is 27.4 Å². The number of para-hydroxylation sites is 1. The molecule has 1 aliphatic heterocycles. The van der Waals surface area contributed by atoms with Crippen molar-refractivity contribution in [3.05, 3.63) is 138 Å². The second-order valence-electron chi connectivity index (χ2n) is 11.0. The van der Waals surface area contributed by atoms with E-state index in [4.69, 9.17) is 14.8 Å². The van der Waals surface area contributed by atoms with Gasteiger partial charge in [-0.15, -0.1) is 0 Å². The van der Waals surface area contributed by atoms with Crippen molar-refractivity contribution in [1.29, 1.82) is 0 Å². The molecule has 7 nitrogen and oxygen atoms in total. The summed E-state index contributed by atoms with van der Waals surface area (Å²) in [6, 6.07) is 25.5. The molecule has 2 aromatic heterocycles. The number of benzene rings is 3. The molecule has 0 amide bonds. The molecule has 3 aromatic carbocycles. The summed E-state index contributed by atoms with van der Waals surface area (Å²) >= 11 is 1.30. The number of hydrogen-bond donors (Lipinski definition) is 0. The van der Waals surface area contributed by atoms with Crippen molar-refractivity contribution in [1.82, 2.24) is 14.3 Å². The van der Waals surface area contributed by atoms with Crippen molar-refractivity contribution in [2.45, 2.75) is 39.7 Å². The maximum atomic E-state index is 14.2. The fourth-order valence-corrected chi connectivity index (χ4v) is 6.39. The highest BCUT2D eigenvalue weighted by Crippen LogP contribution is 2.31. The summed E-state index contributed by atoms with van der Waals surface area (Å²) in [6.07, 6.45) is 3.82. The Morgan fingerprint density at radius 2 is 1.67 bits per heavy atom. The third-order valence-electron chi connectivity index (χ3n) is 7.72. The highest BCUT2D eigenvalue weighted by molar-refractivity contribution is 7.07. The molecule has 6 rings (SSSR count). The zero-order valence-corrected chi connectivity index (χ0v) is 25.6. The van der Waals surface area contributed by atoms with Gasteiger partial charge in [0.1, 0.15) is 0 Å². The summed E-state index contributed by atoms with van der Waals surface area (Å²) in [5.74, 6) is -0.146. The van der Waals surface area contributed by atoms with E-state index in [0.717, 1.165) is 33.6 Å². The van der Waals surface area contributed by atoms with Crippen LogP contribution in [0.1, 0.15) is 55.0 Å². The number of allylic oxidation sites excluding steroid dienone is 1. The van der Waals surface area contributed by atoms with Gasteiger partial charge in [-0.25, -0.2) is 14.5 Å². The molecule has 43 heavy (non-hydrogen) atoms. The summed E-state index contributed by atoms with van der Waals surface area (Å²) < 4.78 is 9.11. The number of fused-ring (bicyclic) bond motifs is 1. The minimum Gasteiger partial charge on any atom is -0.466 e. The molecule has 0 spiro atoms. The van der Waals surface area contributed by atoms with E-state index in [2.05, 4.69) is 26.0 Å². The summed E-state index contributed by atoms with van der Waals surface area (Å²) in [5.41, 5.74) is 7.26. The molecule has 216 valence electrons. The molecule has 5 aromatic rings. The van der Waals surface area contributed by atoms with Crippen molar-refractivity contribution < 1.29 is 9.53 Å². The molecule has 0 saturated heterocycles. The Balaban J connectivity index is 1.55. The molecule has 8 heteroatoms. The van der Waals surface area contributed by atoms with E-state index in [1.165, 1.54) is 24.0 Å². The minimum absolute atomic E-state index is 0.224. The number of esters is 1. The van der Waals surface area contributed by atoms with Crippen molar-refractivity contribution >= 4 is 23.4 Å². The van der Waals surface area contributed by atoms with Crippen LogP contribution in [0.5, 0.6) is 0 Å². The fraction of sp³-hybridized carbons (Fsp3) is 0.200. The van der Waals surface area contributed by atoms with E-state index in [-0.39, 0.29) is 5.56 Å². The molecule has 0 N–H and O–H groups in total. The van der Waals surface area contributed by atoms with Crippen molar-refractivity contribution in [3.8, 4) is 16.9 Å². The third-order valence-corrected chi connectivity index (χ3v) is 8.70. The normalized spacial score (nSPS) is 15.0. The van der Waals surface area contributed by atoms with E-state index < -0.39 is 12.0 Å². The highest BCUT2D eigenvalue weighted by Gasteiger charge is 2.33. The Bertz CT molecular complexity index is 2030. The monoisotopic (exact) mass is 588 g/mol. The third kappa shape index (κ3) is 5.30. The minimum atomic E-state index is -0.657. The summed E-state index contributed by atoms with van der Waals surface area (Å²) in [7, 11) is 1.35. The molecule has 3 heterocycles. The van der Waals surface area contributed by atoms with Gasteiger partial charge >= 0.3 is 5.97 Å². The first-order chi connectivity index (χ1) is 20.7. The summed E-state index contributed by atoms with van der Waals surface area (Å²) in [6.45, 7) is 8.10. The Labute approximate surface area is 253 Å². The topological polar surface area (TPSA) is 78.5 Å². The molecular formula is C35H32N4O3S. The smallest absolute Gasteiger partial charge is 0.338 e. The van der Waals surface area contributed by atoms with Gasteiger partial charge in [-0.2, -0.15) is 5.10 Å². The van der Waals surface area contributed by atoms with Gasteiger partial charge < -0.3 is 4.74 Å². The number of ether oxygens (including phenoxy) is 1. The number of carbonyl (C=O) groups is 1. The Kier molecular flexibility index (Phi) is 7.54. The lowest BCUT2D eigenvalue weighted by Crippen LogP contribution is -2.39. The maximum absolute atomic E-state index is 14.2. The van der Waals surface area contributed by atoms with E-state index >= 15 is 0 Å². The van der Waals surface area contributed by atoms with E-state index in [1.54, 1.807) is 11.5 Å². The van der Waals surface area contributed by atoms with Crippen molar-refractivity contribution in [2.24, 2.45) is 4.99 Å². The van der Waals surface area contributed by atoms with Gasteiger partial charge in [0, 0.05) is 17.3 Å². The predicted octanol–water partition coefficient (Wildman–Crippen LogP) is 5.69. The van der Waals surface area contributed by atoms with Gasteiger partial charge in [-0.05, 0) is 49.1 Å². The van der Waals surface area contributed by atoms with Gasteiger partial charge in [-0.1, -0.05) is 97.5 Å². The summed E-state index contributed by atoms with van der Waals surface area (Å²) in [4.78, 5) is 32.5. The molecule has 1 atom stereocenters. The van der Waals surface area contributed by atoms with Crippen LogP contribution in [0.2, 0.25) is 0 Å². The average Bonchev–Trinajstić information content (AvgIpc) is 3.57.